The van der Waals surface area contributed by atoms with Gasteiger partial charge in [-0.1, -0.05) is 414 Å². The standard InChI is InChI=1S/C87H170O17P2/c1-7-10-12-14-16-18-20-22-24-26-28-30-32-34-36-38-40-45-51-57-63-69-84(89)97-75-82(103-86(91)71-65-59-52-46-41-39-37-35-33-31-29-27-25-23-21-19-17-15-13-11-8-2)77-101-105(93,94)99-73-81(88)74-100-106(95,96)102-78-83(76-98-85(90)70-64-58-54-48-49-55-61-67-79(4)5)104-87(92)72-66-60-53-47-43-42-44-50-56-62-68-80(6)9-3/h79-83,88H,7-78H2,1-6H3,(H,93,94)(H,95,96)/t80?,81-,82-,83-/m1/s1. The summed E-state index contributed by atoms with van der Waals surface area (Å²) in [5, 5.41) is 10.7. The Morgan fingerprint density at radius 2 is 0.481 bits per heavy atom. The Morgan fingerprint density at radius 1 is 0.274 bits per heavy atom. The largest absolute Gasteiger partial charge is 0.472 e. The Balaban J connectivity index is 5.21. The van der Waals surface area contributed by atoms with Crippen LogP contribution in [0, 0.1) is 11.8 Å². The molecule has 0 aromatic heterocycles. The van der Waals surface area contributed by atoms with Crippen molar-refractivity contribution in [3.05, 3.63) is 0 Å². The zero-order valence-corrected chi connectivity index (χ0v) is 71.5. The molecule has 17 nitrogen and oxygen atoms in total. The number of phosphoric acid groups is 2. The van der Waals surface area contributed by atoms with Crippen LogP contribution in [0.1, 0.15) is 465 Å². The van der Waals surface area contributed by atoms with Gasteiger partial charge in [0.1, 0.15) is 19.3 Å². The van der Waals surface area contributed by atoms with Gasteiger partial charge in [0.05, 0.1) is 26.4 Å². The monoisotopic (exact) mass is 1550 g/mol. The minimum atomic E-state index is -4.97. The number of ether oxygens (including phenoxy) is 4. The summed E-state index contributed by atoms with van der Waals surface area (Å²) in [6.45, 7) is 9.63. The van der Waals surface area contributed by atoms with E-state index in [4.69, 9.17) is 37.0 Å². The van der Waals surface area contributed by atoms with Crippen molar-refractivity contribution in [1.29, 1.82) is 0 Å². The van der Waals surface area contributed by atoms with Gasteiger partial charge in [0.25, 0.3) is 0 Å². The highest BCUT2D eigenvalue weighted by Crippen LogP contribution is 2.45. The van der Waals surface area contributed by atoms with Crippen LogP contribution in [-0.4, -0.2) is 96.7 Å². The molecule has 19 heteroatoms. The zero-order valence-electron chi connectivity index (χ0n) is 69.7. The first-order valence-electron chi connectivity index (χ1n) is 45.0. The van der Waals surface area contributed by atoms with Crippen LogP contribution in [0.5, 0.6) is 0 Å². The van der Waals surface area contributed by atoms with Crippen molar-refractivity contribution in [3.63, 3.8) is 0 Å². The van der Waals surface area contributed by atoms with Gasteiger partial charge in [-0.15, -0.1) is 0 Å². The van der Waals surface area contributed by atoms with Gasteiger partial charge in [-0.3, -0.25) is 37.3 Å². The lowest BCUT2D eigenvalue weighted by Gasteiger charge is -2.21. The van der Waals surface area contributed by atoms with Crippen LogP contribution in [0.25, 0.3) is 0 Å². The summed E-state index contributed by atoms with van der Waals surface area (Å²) in [6.07, 6.45) is 71.1. The Hall–Kier alpha value is -1.94. The molecule has 0 saturated heterocycles. The number of carbonyl (C=O) groups is 4. The number of unbranched alkanes of at least 4 members (excludes halogenated alkanes) is 55. The summed E-state index contributed by atoms with van der Waals surface area (Å²) in [7, 11) is -9.93. The van der Waals surface area contributed by atoms with Crippen LogP contribution in [0.2, 0.25) is 0 Å². The third-order valence-electron chi connectivity index (χ3n) is 20.8. The smallest absolute Gasteiger partial charge is 0.462 e. The molecule has 630 valence electrons. The normalized spacial score (nSPS) is 14.1. The number of phosphoric ester groups is 2. The van der Waals surface area contributed by atoms with E-state index < -0.39 is 97.5 Å². The summed E-state index contributed by atoms with van der Waals surface area (Å²) >= 11 is 0. The summed E-state index contributed by atoms with van der Waals surface area (Å²) in [5.74, 6) is -0.597. The van der Waals surface area contributed by atoms with E-state index in [9.17, 15) is 43.2 Å². The third kappa shape index (κ3) is 78.7. The lowest BCUT2D eigenvalue weighted by molar-refractivity contribution is -0.161. The van der Waals surface area contributed by atoms with E-state index in [0.29, 0.717) is 31.6 Å². The maximum Gasteiger partial charge on any atom is 0.472 e. The van der Waals surface area contributed by atoms with Crippen LogP contribution in [0.15, 0.2) is 0 Å². The van der Waals surface area contributed by atoms with Crippen LogP contribution < -0.4 is 0 Å². The van der Waals surface area contributed by atoms with Gasteiger partial charge in [-0.25, -0.2) is 9.13 Å². The molecule has 106 heavy (non-hydrogen) atoms. The molecule has 0 aromatic rings. The molecular weight excluding hydrogens is 1380 g/mol. The maximum atomic E-state index is 13.2. The average molecular weight is 1550 g/mol. The van der Waals surface area contributed by atoms with Crippen LogP contribution >= 0.6 is 15.6 Å². The molecule has 0 bridgehead atoms. The molecule has 0 aliphatic rings. The molecule has 3 unspecified atom stereocenters. The van der Waals surface area contributed by atoms with Crippen molar-refractivity contribution >= 4 is 39.5 Å². The topological polar surface area (TPSA) is 237 Å². The Kier molecular flexibility index (Phi) is 76.9. The molecule has 0 fully saturated rings. The van der Waals surface area contributed by atoms with Gasteiger partial charge in [-0.2, -0.15) is 0 Å². The summed E-state index contributed by atoms with van der Waals surface area (Å²) in [5.41, 5.74) is 0. The first kappa shape index (κ1) is 104. The van der Waals surface area contributed by atoms with E-state index in [1.807, 2.05) is 0 Å². The molecule has 0 spiro atoms. The van der Waals surface area contributed by atoms with Crippen LogP contribution in [-0.2, 0) is 65.4 Å². The number of hydrogen-bond donors (Lipinski definition) is 3. The lowest BCUT2D eigenvalue weighted by atomic mass is 9.99. The van der Waals surface area contributed by atoms with Crippen molar-refractivity contribution in [2.45, 2.75) is 484 Å². The molecule has 0 heterocycles. The fourth-order valence-electron chi connectivity index (χ4n) is 13.6. The van der Waals surface area contributed by atoms with Crippen molar-refractivity contribution in [1.82, 2.24) is 0 Å². The van der Waals surface area contributed by atoms with Crippen molar-refractivity contribution in [2.24, 2.45) is 11.8 Å². The number of aliphatic hydroxyl groups is 1. The quantitative estimate of drug-likeness (QED) is 0.0222. The van der Waals surface area contributed by atoms with E-state index in [-0.39, 0.29) is 25.7 Å². The van der Waals surface area contributed by atoms with E-state index >= 15 is 0 Å². The minimum absolute atomic E-state index is 0.106. The maximum absolute atomic E-state index is 13.2. The Bertz CT molecular complexity index is 2030. The van der Waals surface area contributed by atoms with E-state index in [0.717, 1.165) is 102 Å². The molecule has 0 saturated carbocycles. The van der Waals surface area contributed by atoms with Crippen molar-refractivity contribution in [3.8, 4) is 0 Å². The number of aliphatic hydroxyl groups excluding tert-OH is 1. The fourth-order valence-corrected chi connectivity index (χ4v) is 15.1. The number of rotatable bonds is 86. The highest BCUT2D eigenvalue weighted by molar-refractivity contribution is 7.47. The third-order valence-corrected chi connectivity index (χ3v) is 22.7. The van der Waals surface area contributed by atoms with E-state index in [2.05, 4.69) is 41.5 Å². The zero-order chi connectivity index (χ0) is 77.8. The predicted octanol–water partition coefficient (Wildman–Crippen LogP) is 26.6. The second-order valence-corrected chi connectivity index (χ2v) is 34.9. The van der Waals surface area contributed by atoms with Gasteiger partial charge < -0.3 is 33.8 Å². The second-order valence-electron chi connectivity index (χ2n) is 32.0. The molecular formula is C87H170O17P2. The number of carbonyl (C=O) groups excluding carboxylic acids is 4. The molecule has 0 aliphatic carbocycles. The highest BCUT2D eigenvalue weighted by atomic mass is 31.2. The van der Waals surface area contributed by atoms with Gasteiger partial charge >= 0.3 is 39.5 Å². The summed E-state index contributed by atoms with van der Waals surface area (Å²) in [4.78, 5) is 73.2. The SMILES string of the molecule is CCCCCCCCCCCCCCCCCCCCCCCC(=O)OC[C@H](COP(=O)(O)OC[C@@H](O)COP(=O)(O)OC[C@@H](COC(=O)CCCCCCCCCC(C)C)OC(=O)CCCCCCCCCCCCC(C)CC)OC(=O)CCCCCCCCCCCCCCCCCCCCCCC. The molecule has 0 aliphatic heterocycles. The van der Waals surface area contributed by atoms with Gasteiger partial charge in [-0.05, 0) is 37.5 Å². The predicted molar refractivity (Wildman–Crippen MR) is 437 cm³/mol. The van der Waals surface area contributed by atoms with Crippen LogP contribution in [0.3, 0.4) is 0 Å². The molecule has 0 aromatic carbocycles. The lowest BCUT2D eigenvalue weighted by Crippen LogP contribution is -2.30. The molecule has 0 amide bonds. The second kappa shape index (κ2) is 78.3. The van der Waals surface area contributed by atoms with E-state index in [1.165, 1.54) is 276 Å². The minimum Gasteiger partial charge on any atom is -0.462 e. The molecule has 0 rings (SSSR count). The number of hydrogen-bond acceptors (Lipinski definition) is 15. The Labute approximate surface area is 651 Å². The first-order valence-corrected chi connectivity index (χ1v) is 48.0. The van der Waals surface area contributed by atoms with Crippen LogP contribution in [0.4, 0.5) is 0 Å². The molecule has 3 N–H and O–H groups in total. The first-order chi connectivity index (χ1) is 51.4. The summed E-state index contributed by atoms with van der Waals surface area (Å²) in [6, 6.07) is 0. The summed E-state index contributed by atoms with van der Waals surface area (Å²) < 4.78 is 68.9. The van der Waals surface area contributed by atoms with Gasteiger partial charge in [0.2, 0.25) is 0 Å². The molecule has 0 radical (unpaired) electrons. The van der Waals surface area contributed by atoms with Gasteiger partial charge in [0, 0.05) is 25.7 Å². The van der Waals surface area contributed by atoms with Gasteiger partial charge in [0.15, 0.2) is 12.2 Å². The van der Waals surface area contributed by atoms with Crippen molar-refractivity contribution < 1.29 is 80.2 Å². The average Bonchev–Trinajstić information content (AvgIpc) is 0.902. The highest BCUT2D eigenvalue weighted by Gasteiger charge is 2.30. The number of esters is 4. The fraction of sp³-hybridized carbons (Fsp3) is 0.954. The van der Waals surface area contributed by atoms with E-state index in [1.54, 1.807) is 0 Å². The molecule has 6 atom stereocenters. The van der Waals surface area contributed by atoms with Crippen molar-refractivity contribution in [2.75, 3.05) is 39.6 Å². The Morgan fingerprint density at radius 3 is 0.717 bits per heavy atom.